The van der Waals surface area contributed by atoms with Crippen molar-refractivity contribution in [2.45, 2.75) is 44.7 Å². The first kappa shape index (κ1) is 12.8. The maximum absolute atomic E-state index is 5.68. The van der Waals surface area contributed by atoms with E-state index in [2.05, 4.69) is 35.3 Å². The van der Waals surface area contributed by atoms with Gasteiger partial charge in [-0.05, 0) is 37.8 Å². The monoisotopic (exact) mass is 260 g/mol. The van der Waals surface area contributed by atoms with Crippen LogP contribution >= 0.6 is 0 Å². The summed E-state index contributed by atoms with van der Waals surface area (Å²) in [6, 6.07) is 9.86. The molecule has 0 amide bonds. The summed E-state index contributed by atoms with van der Waals surface area (Å²) in [7, 11) is 0. The molecule has 1 aromatic carbocycles. The van der Waals surface area contributed by atoms with E-state index in [4.69, 9.17) is 4.74 Å². The molecule has 19 heavy (non-hydrogen) atoms. The molecule has 1 saturated carbocycles. The third-order valence-corrected chi connectivity index (χ3v) is 3.96. The predicted octanol–water partition coefficient (Wildman–Crippen LogP) is 3.12. The van der Waals surface area contributed by atoms with Crippen LogP contribution in [0.1, 0.15) is 32.6 Å². The van der Waals surface area contributed by atoms with E-state index in [1.165, 1.54) is 38.0 Å². The predicted molar refractivity (Wildman–Crippen MR) is 78.9 cm³/mol. The molecule has 0 spiro atoms. The first-order valence-electron chi connectivity index (χ1n) is 7.58. The second-order valence-corrected chi connectivity index (χ2v) is 5.73. The number of rotatable bonds is 6. The molecule has 0 aromatic heterocycles. The Bertz CT molecular complexity index is 417. The van der Waals surface area contributed by atoms with Gasteiger partial charge in [0.25, 0.3) is 0 Å². The van der Waals surface area contributed by atoms with Gasteiger partial charge in [0.05, 0.1) is 6.61 Å². The Morgan fingerprint density at radius 2 is 2.21 bits per heavy atom. The summed E-state index contributed by atoms with van der Waals surface area (Å²) in [5.41, 5.74) is 1.19. The largest absolute Gasteiger partial charge is 0.494 e. The number of nitrogens with zero attached hydrogens (tertiary/aromatic N) is 1. The van der Waals surface area contributed by atoms with Crippen LogP contribution in [0.4, 0.5) is 5.69 Å². The molecule has 3 heteroatoms. The van der Waals surface area contributed by atoms with Gasteiger partial charge in [0.15, 0.2) is 0 Å². The molecule has 1 aliphatic carbocycles. The Morgan fingerprint density at radius 1 is 1.32 bits per heavy atom. The normalized spacial score (nSPS) is 23.5. The van der Waals surface area contributed by atoms with Crippen molar-refractivity contribution >= 4 is 5.69 Å². The van der Waals surface area contributed by atoms with Crippen LogP contribution < -0.4 is 10.1 Å². The smallest absolute Gasteiger partial charge is 0.121 e. The lowest BCUT2D eigenvalue weighted by molar-refractivity contribution is 0.317. The van der Waals surface area contributed by atoms with Crippen molar-refractivity contribution in [3.8, 4) is 5.75 Å². The van der Waals surface area contributed by atoms with Crippen LogP contribution in [0.3, 0.4) is 0 Å². The molecule has 0 radical (unpaired) electrons. The van der Waals surface area contributed by atoms with Crippen molar-refractivity contribution < 1.29 is 4.74 Å². The molecular formula is C16H24N2O. The number of likely N-dealkylation sites (tertiary alicyclic amines) is 1. The van der Waals surface area contributed by atoms with E-state index < -0.39 is 0 Å². The highest BCUT2D eigenvalue weighted by molar-refractivity contribution is 5.49. The van der Waals surface area contributed by atoms with Crippen molar-refractivity contribution in [1.29, 1.82) is 0 Å². The Morgan fingerprint density at radius 3 is 3.00 bits per heavy atom. The Balaban J connectivity index is 1.54. The maximum atomic E-state index is 5.68. The fourth-order valence-electron chi connectivity index (χ4n) is 2.81. The lowest BCUT2D eigenvalue weighted by atomic mass is 10.2. The molecule has 1 saturated heterocycles. The number of hydrogen-bond donors (Lipinski definition) is 1. The van der Waals surface area contributed by atoms with Crippen LogP contribution in [0.2, 0.25) is 0 Å². The highest BCUT2D eigenvalue weighted by atomic mass is 16.5. The summed E-state index contributed by atoms with van der Waals surface area (Å²) in [5.74, 6) is 0.976. The standard InChI is InChI=1S/C16H24N2O/c1-2-10-19-16-5-3-4-13(11-16)17-14-8-9-18(12-14)15-6-7-15/h3-5,11,14-15,17H,2,6-10,12H2,1H3. The molecule has 1 N–H and O–H groups in total. The minimum Gasteiger partial charge on any atom is -0.494 e. The summed E-state index contributed by atoms with van der Waals surface area (Å²) < 4.78 is 5.68. The van der Waals surface area contributed by atoms with Crippen molar-refractivity contribution in [1.82, 2.24) is 4.90 Å². The lowest BCUT2D eigenvalue weighted by Gasteiger charge is -2.17. The van der Waals surface area contributed by atoms with Gasteiger partial charge in [-0.25, -0.2) is 0 Å². The second-order valence-electron chi connectivity index (χ2n) is 5.73. The van der Waals surface area contributed by atoms with E-state index in [0.29, 0.717) is 6.04 Å². The van der Waals surface area contributed by atoms with Gasteiger partial charge in [-0.1, -0.05) is 13.0 Å². The van der Waals surface area contributed by atoms with Crippen molar-refractivity contribution in [2.24, 2.45) is 0 Å². The fourth-order valence-corrected chi connectivity index (χ4v) is 2.81. The third kappa shape index (κ3) is 3.41. The molecule has 104 valence electrons. The first-order chi connectivity index (χ1) is 9.35. The summed E-state index contributed by atoms with van der Waals surface area (Å²) in [6.07, 6.45) is 5.13. The second kappa shape index (κ2) is 5.83. The number of nitrogens with one attached hydrogen (secondary N) is 1. The quantitative estimate of drug-likeness (QED) is 0.850. The third-order valence-electron chi connectivity index (χ3n) is 3.96. The molecular weight excluding hydrogens is 236 g/mol. The van der Waals surface area contributed by atoms with Crippen molar-refractivity contribution in [3.05, 3.63) is 24.3 Å². The highest BCUT2D eigenvalue weighted by Gasteiger charge is 2.34. The molecule has 1 aromatic rings. The van der Waals surface area contributed by atoms with Crippen LogP contribution in [0, 0.1) is 0 Å². The molecule has 1 atom stereocenters. The van der Waals surface area contributed by atoms with E-state index in [1.807, 2.05) is 6.07 Å². The van der Waals surface area contributed by atoms with Gasteiger partial charge in [0.2, 0.25) is 0 Å². The zero-order valence-corrected chi connectivity index (χ0v) is 11.8. The summed E-state index contributed by atoms with van der Waals surface area (Å²) >= 11 is 0. The van der Waals surface area contributed by atoms with E-state index in [-0.39, 0.29) is 0 Å². The van der Waals surface area contributed by atoms with Crippen molar-refractivity contribution in [2.75, 3.05) is 25.0 Å². The average Bonchev–Trinajstić information content (AvgIpc) is 3.18. The zero-order chi connectivity index (χ0) is 13.1. The molecule has 1 unspecified atom stereocenters. The van der Waals surface area contributed by atoms with E-state index in [9.17, 15) is 0 Å². The minimum absolute atomic E-state index is 0.599. The zero-order valence-electron chi connectivity index (χ0n) is 11.8. The van der Waals surface area contributed by atoms with Gasteiger partial charge in [0, 0.05) is 36.9 Å². The summed E-state index contributed by atoms with van der Waals surface area (Å²) in [4.78, 5) is 2.63. The van der Waals surface area contributed by atoms with Gasteiger partial charge >= 0.3 is 0 Å². The lowest BCUT2D eigenvalue weighted by Crippen LogP contribution is -2.27. The summed E-state index contributed by atoms with van der Waals surface area (Å²) in [5, 5.41) is 3.65. The molecule has 2 fully saturated rings. The Labute approximate surface area is 115 Å². The van der Waals surface area contributed by atoms with Gasteiger partial charge < -0.3 is 10.1 Å². The van der Waals surface area contributed by atoms with Crippen molar-refractivity contribution in [3.63, 3.8) is 0 Å². The van der Waals surface area contributed by atoms with Gasteiger partial charge in [-0.3, -0.25) is 4.90 Å². The topological polar surface area (TPSA) is 24.5 Å². The highest BCUT2D eigenvalue weighted by Crippen LogP contribution is 2.30. The van der Waals surface area contributed by atoms with E-state index >= 15 is 0 Å². The van der Waals surface area contributed by atoms with E-state index in [0.717, 1.165) is 24.8 Å². The van der Waals surface area contributed by atoms with Gasteiger partial charge in [-0.2, -0.15) is 0 Å². The first-order valence-corrected chi connectivity index (χ1v) is 7.58. The molecule has 0 bridgehead atoms. The molecule has 2 aliphatic rings. The molecule has 1 aliphatic heterocycles. The Hall–Kier alpha value is -1.22. The SMILES string of the molecule is CCCOc1cccc(NC2CCN(C3CC3)C2)c1. The average molecular weight is 260 g/mol. The number of benzene rings is 1. The van der Waals surface area contributed by atoms with Crippen LogP contribution in [0.5, 0.6) is 5.75 Å². The summed E-state index contributed by atoms with van der Waals surface area (Å²) in [6.45, 7) is 5.38. The number of anilines is 1. The van der Waals surface area contributed by atoms with Crippen LogP contribution in [-0.4, -0.2) is 36.7 Å². The molecule has 3 rings (SSSR count). The van der Waals surface area contributed by atoms with Gasteiger partial charge in [-0.15, -0.1) is 0 Å². The van der Waals surface area contributed by atoms with Crippen LogP contribution in [0.25, 0.3) is 0 Å². The minimum atomic E-state index is 0.599. The molecule has 3 nitrogen and oxygen atoms in total. The number of ether oxygens (including phenoxy) is 1. The number of hydrogen-bond acceptors (Lipinski definition) is 3. The Kier molecular flexibility index (Phi) is 3.92. The van der Waals surface area contributed by atoms with E-state index in [1.54, 1.807) is 0 Å². The van der Waals surface area contributed by atoms with Gasteiger partial charge in [0.1, 0.15) is 5.75 Å². The van der Waals surface area contributed by atoms with Crippen LogP contribution in [-0.2, 0) is 0 Å². The molecule has 1 heterocycles. The maximum Gasteiger partial charge on any atom is 0.121 e. The fraction of sp³-hybridized carbons (Fsp3) is 0.625. The van der Waals surface area contributed by atoms with Crippen LogP contribution in [0.15, 0.2) is 24.3 Å².